The number of hydrogen-bond acceptors (Lipinski definition) is 2. The SMILES string of the molecule is CCCn1ccnc1CCCN(C)C(=O)c1cc2c(C)c(C)ccc2[nH]1. The summed E-state index contributed by atoms with van der Waals surface area (Å²) in [5.74, 6) is 1.14. The molecule has 2 heterocycles. The van der Waals surface area contributed by atoms with Gasteiger partial charge in [0.2, 0.25) is 0 Å². The van der Waals surface area contributed by atoms with Crippen molar-refractivity contribution in [2.45, 2.75) is 46.6 Å². The topological polar surface area (TPSA) is 53.9 Å². The Balaban J connectivity index is 1.63. The number of rotatable bonds is 7. The third-order valence-corrected chi connectivity index (χ3v) is 5.08. The first-order chi connectivity index (χ1) is 12.5. The van der Waals surface area contributed by atoms with E-state index >= 15 is 0 Å². The zero-order valence-corrected chi connectivity index (χ0v) is 16.2. The van der Waals surface area contributed by atoms with E-state index in [0.717, 1.165) is 42.5 Å². The molecule has 3 aromatic rings. The maximum atomic E-state index is 12.7. The van der Waals surface area contributed by atoms with Crippen LogP contribution < -0.4 is 0 Å². The highest BCUT2D eigenvalue weighted by molar-refractivity contribution is 5.98. The van der Waals surface area contributed by atoms with Crippen molar-refractivity contribution in [1.82, 2.24) is 19.4 Å². The monoisotopic (exact) mass is 352 g/mol. The molecule has 0 saturated heterocycles. The summed E-state index contributed by atoms with van der Waals surface area (Å²) in [5.41, 5.74) is 4.14. The zero-order chi connectivity index (χ0) is 18.7. The largest absolute Gasteiger partial charge is 0.351 e. The van der Waals surface area contributed by atoms with Crippen molar-refractivity contribution in [2.24, 2.45) is 0 Å². The lowest BCUT2D eigenvalue weighted by atomic mass is 10.1. The Hall–Kier alpha value is -2.56. The molecule has 0 radical (unpaired) electrons. The predicted molar refractivity (Wildman–Crippen MR) is 106 cm³/mol. The lowest BCUT2D eigenvalue weighted by Gasteiger charge is -2.16. The number of nitrogens with one attached hydrogen (secondary N) is 1. The lowest BCUT2D eigenvalue weighted by Crippen LogP contribution is -2.28. The van der Waals surface area contributed by atoms with E-state index in [9.17, 15) is 4.79 Å². The average molecular weight is 352 g/mol. The molecule has 1 aromatic carbocycles. The van der Waals surface area contributed by atoms with Crippen molar-refractivity contribution < 1.29 is 4.79 Å². The molecule has 0 bridgehead atoms. The molecule has 5 heteroatoms. The van der Waals surface area contributed by atoms with Crippen molar-refractivity contribution in [3.63, 3.8) is 0 Å². The van der Waals surface area contributed by atoms with Crippen LogP contribution in [0, 0.1) is 13.8 Å². The number of benzene rings is 1. The van der Waals surface area contributed by atoms with Crippen LogP contribution in [0.4, 0.5) is 0 Å². The van der Waals surface area contributed by atoms with Crippen LogP contribution >= 0.6 is 0 Å². The van der Waals surface area contributed by atoms with Crippen LogP contribution in [-0.4, -0.2) is 38.9 Å². The van der Waals surface area contributed by atoms with E-state index < -0.39 is 0 Å². The van der Waals surface area contributed by atoms with Gasteiger partial charge in [0, 0.05) is 49.9 Å². The minimum Gasteiger partial charge on any atom is -0.351 e. The normalized spacial score (nSPS) is 11.2. The molecule has 1 N–H and O–H groups in total. The first-order valence-electron chi connectivity index (χ1n) is 9.35. The summed E-state index contributed by atoms with van der Waals surface area (Å²) in [6, 6.07) is 6.11. The number of aromatic nitrogens is 3. The van der Waals surface area contributed by atoms with E-state index in [2.05, 4.69) is 41.4 Å². The molecule has 0 unspecified atom stereocenters. The minimum absolute atomic E-state index is 0.0372. The molecule has 2 aromatic heterocycles. The molecule has 0 aliphatic rings. The molecule has 5 nitrogen and oxygen atoms in total. The molecule has 26 heavy (non-hydrogen) atoms. The van der Waals surface area contributed by atoms with Gasteiger partial charge in [0.15, 0.2) is 0 Å². The lowest BCUT2D eigenvalue weighted by molar-refractivity contribution is 0.0788. The second kappa shape index (κ2) is 7.77. The fourth-order valence-corrected chi connectivity index (χ4v) is 3.37. The third-order valence-electron chi connectivity index (χ3n) is 5.08. The van der Waals surface area contributed by atoms with Gasteiger partial charge in [-0.2, -0.15) is 0 Å². The second-order valence-electron chi connectivity index (χ2n) is 7.02. The van der Waals surface area contributed by atoms with Gasteiger partial charge in [0.25, 0.3) is 5.91 Å². The van der Waals surface area contributed by atoms with Gasteiger partial charge in [0.1, 0.15) is 11.5 Å². The molecule has 0 spiro atoms. The summed E-state index contributed by atoms with van der Waals surface area (Å²) in [6.45, 7) is 8.07. The zero-order valence-electron chi connectivity index (χ0n) is 16.2. The maximum Gasteiger partial charge on any atom is 0.270 e. The highest BCUT2D eigenvalue weighted by Gasteiger charge is 2.15. The number of carbonyl (C=O) groups excluding carboxylic acids is 1. The molecule has 1 amide bonds. The summed E-state index contributed by atoms with van der Waals surface area (Å²) < 4.78 is 2.20. The average Bonchev–Trinajstić information content (AvgIpc) is 3.25. The number of aryl methyl sites for hydroxylation is 4. The highest BCUT2D eigenvalue weighted by Crippen LogP contribution is 2.23. The Morgan fingerprint density at radius 2 is 2.12 bits per heavy atom. The van der Waals surface area contributed by atoms with Crippen LogP contribution in [0.15, 0.2) is 30.6 Å². The fraction of sp³-hybridized carbons (Fsp3) is 0.429. The molecule has 0 aliphatic heterocycles. The van der Waals surface area contributed by atoms with Crippen LogP contribution in [0.1, 0.15) is 47.2 Å². The van der Waals surface area contributed by atoms with Crippen molar-refractivity contribution >= 4 is 16.8 Å². The Morgan fingerprint density at radius 3 is 2.88 bits per heavy atom. The standard InChI is InChI=1S/C21H28N4O/c1-5-11-25-13-10-22-20(25)7-6-12-24(4)21(26)19-14-17-16(3)15(2)8-9-18(17)23-19/h8-10,13-14,23H,5-7,11-12H2,1-4H3. The molecule has 3 rings (SSSR count). The predicted octanol–water partition coefficient (Wildman–Crippen LogP) is 4.10. The number of fused-ring (bicyclic) bond motifs is 1. The van der Waals surface area contributed by atoms with Crippen molar-refractivity contribution in [3.8, 4) is 0 Å². The number of amides is 1. The first-order valence-corrected chi connectivity index (χ1v) is 9.35. The van der Waals surface area contributed by atoms with Crippen molar-refractivity contribution in [2.75, 3.05) is 13.6 Å². The van der Waals surface area contributed by atoms with Gasteiger partial charge in [-0.05, 0) is 49.9 Å². The highest BCUT2D eigenvalue weighted by atomic mass is 16.2. The number of aromatic amines is 1. The quantitative estimate of drug-likeness (QED) is 0.696. The Labute approximate surface area is 155 Å². The Kier molecular flexibility index (Phi) is 5.45. The second-order valence-corrected chi connectivity index (χ2v) is 7.02. The first kappa shape index (κ1) is 18.2. The van der Waals surface area contributed by atoms with Gasteiger partial charge in [-0.15, -0.1) is 0 Å². The van der Waals surface area contributed by atoms with Crippen LogP contribution in [0.5, 0.6) is 0 Å². The van der Waals surface area contributed by atoms with Gasteiger partial charge in [-0.25, -0.2) is 4.98 Å². The summed E-state index contributed by atoms with van der Waals surface area (Å²) in [6.07, 6.45) is 6.77. The van der Waals surface area contributed by atoms with Gasteiger partial charge in [-0.3, -0.25) is 4.79 Å². The minimum atomic E-state index is 0.0372. The summed E-state index contributed by atoms with van der Waals surface area (Å²) in [7, 11) is 1.87. The van der Waals surface area contributed by atoms with E-state index in [1.807, 2.05) is 31.6 Å². The van der Waals surface area contributed by atoms with Gasteiger partial charge >= 0.3 is 0 Å². The number of imidazole rings is 1. The molecular weight excluding hydrogens is 324 g/mol. The number of nitrogens with zero attached hydrogens (tertiary/aromatic N) is 3. The van der Waals surface area contributed by atoms with Gasteiger partial charge in [0.05, 0.1) is 0 Å². The summed E-state index contributed by atoms with van der Waals surface area (Å²) in [4.78, 5) is 22.2. The van der Waals surface area contributed by atoms with Gasteiger partial charge < -0.3 is 14.5 Å². The Bertz CT molecular complexity index is 906. The number of hydrogen-bond donors (Lipinski definition) is 1. The molecule has 138 valence electrons. The van der Waals surface area contributed by atoms with Crippen LogP contribution in [-0.2, 0) is 13.0 Å². The van der Waals surface area contributed by atoms with Crippen LogP contribution in [0.2, 0.25) is 0 Å². The number of H-pyrrole nitrogens is 1. The fourth-order valence-electron chi connectivity index (χ4n) is 3.37. The third kappa shape index (κ3) is 3.66. The van der Waals surface area contributed by atoms with E-state index in [0.29, 0.717) is 12.2 Å². The van der Waals surface area contributed by atoms with Crippen LogP contribution in [0.25, 0.3) is 10.9 Å². The van der Waals surface area contributed by atoms with Crippen molar-refractivity contribution in [1.29, 1.82) is 0 Å². The van der Waals surface area contributed by atoms with Crippen LogP contribution in [0.3, 0.4) is 0 Å². The summed E-state index contributed by atoms with van der Waals surface area (Å²) in [5, 5.41) is 1.13. The molecule has 0 fully saturated rings. The molecule has 0 aliphatic carbocycles. The van der Waals surface area contributed by atoms with Gasteiger partial charge in [-0.1, -0.05) is 13.0 Å². The molecule has 0 atom stereocenters. The number of carbonyl (C=O) groups is 1. The van der Waals surface area contributed by atoms with E-state index in [4.69, 9.17) is 0 Å². The molecular formula is C21H28N4O. The van der Waals surface area contributed by atoms with E-state index in [1.165, 1.54) is 11.1 Å². The van der Waals surface area contributed by atoms with Crippen molar-refractivity contribution in [3.05, 3.63) is 53.2 Å². The van der Waals surface area contributed by atoms with E-state index in [1.54, 1.807) is 4.90 Å². The molecule has 0 saturated carbocycles. The smallest absolute Gasteiger partial charge is 0.270 e. The maximum absolute atomic E-state index is 12.7. The van der Waals surface area contributed by atoms with E-state index in [-0.39, 0.29) is 5.91 Å². The summed E-state index contributed by atoms with van der Waals surface area (Å²) >= 11 is 0. The Morgan fingerprint density at radius 1 is 1.31 bits per heavy atom.